The predicted octanol–water partition coefficient (Wildman–Crippen LogP) is 3.86. The van der Waals surface area contributed by atoms with Crippen LogP contribution in [-0.4, -0.2) is 58.0 Å². The van der Waals surface area contributed by atoms with Crippen LogP contribution in [0.3, 0.4) is 0 Å². The number of benzene rings is 3. The van der Waals surface area contributed by atoms with Gasteiger partial charge in [-0.25, -0.2) is 9.69 Å². The standard InChI is InChI=1S/C30H26N4O6/c1-16(29(37)38)31-27(35)20-8-4-6-10-23(20)34-28(36)24-15-21-19-7-3-5-9-22(19)32-25(21)26(33(24)30(34)39)17-11-13-18(40-2)14-12-17/h3-14,16,24,26,32H,15H2,1-2H3,(H,31,35)(H,37,38)/t16-,24-,26+/m0/s1. The molecule has 3 heterocycles. The van der Waals surface area contributed by atoms with Crippen LogP contribution < -0.4 is 15.0 Å². The van der Waals surface area contributed by atoms with Gasteiger partial charge in [-0.05, 0) is 48.4 Å². The van der Waals surface area contributed by atoms with Crippen molar-refractivity contribution >= 4 is 40.4 Å². The molecule has 3 atom stereocenters. The number of methoxy groups -OCH3 is 1. The molecule has 3 N–H and O–H groups in total. The minimum absolute atomic E-state index is 0.0297. The Bertz CT molecular complexity index is 1680. The number of imide groups is 1. The third-order valence-electron chi connectivity index (χ3n) is 7.59. The number of H-pyrrole nitrogens is 1. The van der Waals surface area contributed by atoms with Crippen molar-refractivity contribution in [2.75, 3.05) is 12.0 Å². The SMILES string of the molecule is COc1ccc([C@@H]2c3[nH]c4ccccc4c3C[C@H]3C(=O)N(c4ccccc4C(=O)N[C@@H](C)C(=O)O)C(=O)N23)cc1. The van der Waals surface area contributed by atoms with E-state index in [1.54, 1.807) is 24.1 Å². The van der Waals surface area contributed by atoms with Crippen LogP contribution in [-0.2, 0) is 16.0 Å². The van der Waals surface area contributed by atoms with Gasteiger partial charge in [0.25, 0.3) is 11.8 Å². The van der Waals surface area contributed by atoms with Crippen molar-refractivity contribution in [1.29, 1.82) is 0 Å². The Kier molecular flexibility index (Phi) is 6.02. The van der Waals surface area contributed by atoms with E-state index >= 15 is 0 Å². The van der Waals surface area contributed by atoms with Gasteiger partial charge in [-0.3, -0.25) is 19.3 Å². The Morgan fingerprint density at radius 2 is 1.73 bits per heavy atom. The molecule has 0 saturated carbocycles. The Morgan fingerprint density at radius 3 is 2.45 bits per heavy atom. The number of nitrogens with one attached hydrogen (secondary N) is 2. The van der Waals surface area contributed by atoms with E-state index in [0.29, 0.717) is 12.2 Å². The number of hydrogen-bond donors (Lipinski definition) is 3. The average molecular weight is 539 g/mol. The van der Waals surface area contributed by atoms with E-state index in [9.17, 15) is 24.3 Å². The van der Waals surface area contributed by atoms with Gasteiger partial charge in [0.15, 0.2) is 0 Å². The monoisotopic (exact) mass is 538 g/mol. The molecule has 10 nitrogen and oxygen atoms in total. The lowest BCUT2D eigenvalue weighted by Gasteiger charge is -2.36. The molecule has 3 aromatic carbocycles. The molecule has 1 aromatic heterocycles. The van der Waals surface area contributed by atoms with Crippen molar-refractivity contribution < 1.29 is 29.0 Å². The summed E-state index contributed by atoms with van der Waals surface area (Å²) in [5.74, 6) is -1.69. The summed E-state index contributed by atoms with van der Waals surface area (Å²) in [6.45, 7) is 1.34. The topological polar surface area (TPSA) is 132 Å². The van der Waals surface area contributed by atoms with E-state index in [2.05, 4.69) is 10.3 Å². The number of carboxylic acid groups (broad SMARTS) is 1. The zero-order valence-electron chi connectivity index (χ0n) is 21.8. The second-order valence-electron chi connectivity index (χ2n) is 9.87. The number of anilines is 1. The van der Waals surface area contributed by atoms with E-state index in [4.69, 9.17) is 4.74 Å². The lowest BCUT2D eigenvalue weighted by molar-refractivity contribution is -0.138. The fourth-order valence-corrected chi connectivity index (χ4v) is 5.63. The Balaban J connectivity index is 1.46. The summed E-state index contributed by atoms with van der Waals surface area (Å²) in [6, 6.07) is 18.3. The number of aromatic amines is 1. The summed E-state index contributed by atoms with van der Waals surface area (Å²) in [6.07, 6.45) is 0.303. The first-order valence-electron chi connectivity index (χ1n) is 12.8. The molecule has 1 fully saturated rings. The molecule has 40 heavy (non-hydrogen) atoms. The number of carbonyl (C=O) groups excluding carboxylic acids is 3. The van der Waals surface area contributed by atoms with Crippen LogP contribution in [0.2, 0.25) is 0 Å². The molecule has 0 unspecified atom stereocenters. The number of ether oxygens (including phenoxy) is 1. The van der Waals surface area contributed by atoms with Crippen LogP contribution in [0.15, 0.2) is 72.8 Å². The largest absolute Gasteiger partial charge is 0.497 e. The van der Waals surface area contributed by atoms with E-state index < -0.39 is 41.9 Å². The van der Waals surface area contributed by atoms with E-state index in [0.717, 1.165) is 32.6 Å². The third-order valence-corrected chi connectivity index (χ3v) is 7.59. The Hall–Kier alpha value is -5.12. The van der Waals surface area contributed by atoms with Crippen LogP contribution in [0.5, 0.6) is 5.75 Å². The van der Waals surface area contributed by atoms with Crippen molar-refractivity contribution in [3.05, 3.63) is 95.2 Å². The van der Waals surface area contributed by atoms with Crippen molar-refractivity contribution in [2.45, 2.75) is 31.5 Å². The smallest absolute Gasteiger partial charge is 0.332 e. The van der Waals surface area contributed by atoms with Crippen LogP contribution in [0.4, 0.5) is 10.5 Å². The number of aromatic nitrogens is 1. The maximum atomic E-state index is 14.2. The van der Waals surface area contributed by atoms with Gasteiger partial charge in [-0.15, -0.1) is 0 Å². The third kappa shape index (κ3) is 3.87. The summed E-state index contributed by atoms with van der Waals surface area (Å²) in [5, 5.41) is 12.6. The molecular formula is C30H26N4O6. The lowest BCUT2D eigenvalue weighted by atomic mass is 9.89. The zero-order valence-corrected chi connectivity index (χ0v) is 21.8. The second-order valence-corrected chi connectivity index (χ2v) is 9.87. The highest BCUT2D eigenvalue weighted by Crippen LogP contribution is 2.45. The number of carboxylic acids is 1. The quantitative estimate of drug-likeness (QED) is 0.320. The molecule has 6 rings (SSSR count). The van der Waals surface area contributed by atoms with E-state index in [1.807, 2.05) is 48.5 Å². The highest BCUT2D eigenvalue weighted by molar-refractivity contribution is 6.24. The number of aliphatic carboxylic acids is 1. The normalized spacial score (nSPS) is 18.9. The van der Waals surface area contributed by atoms with E-state index in [1.165, 1.54) is 19.1 Å². The number of nitrogens with zero attached hydrogens (tertiary/aromatic N) is 2. The van der Waals surface area contributed by atoms with Crippen molar-refractivity contribution in [3.63, 3.8) is 0 Å². The Morgan fingerprint density at radius 1 is 1.02 bits per heavy atom. The summed E-state index contributed by atoms with van der Waals surface area (Å²) in [7, 11) is 1.58. The van der Waals surface area contributed by atoms with Gasteiger partial charge >= 0.3 is 12.0 Å². The van der Waals surface area contributed by atoms with Crippen LogP contribution in [0.25, 0.3) is 10.9 Å². The average Bonchev–Trinajstić information content (AvgIpc) is 3.46. The highest BCUT2D eigenvalue weighted by Gasteiger charge is 2.53. The minimum atomic E-state index is -1.20. The molecule has 0 spiro atoms. The molecule has 4 amide bonds. The Labute approximate surface area is 229 Å². The van der Waals surface area contributed by atoms with Gasteiger partial charge in [0.2, 0.25) is 0 Å². The lowest BCUT2D eigenvalue weighted by Crippen LogP contribution is -2.44. The van der Waals surface area contributed by atoms with Crippen LogP contribution in [0.1, 0.15) is 40.1 Å². The second kappa shape index (κ2) is 9.57. The first-order valence-corrected chi connectivity index (χ1v) is 12.8. The van der Waals surface area contributed by atoms with Gasteiger partial charge in [0, 0.05) is 23.0 Å². The van der Waals surface area contributed by atoms with Gasteiger partial charge in [-0.2, -0.15) is 0 Å². The number of rotatable bonds is 6. The molecule has 2 aliphatic heterocycles. The van der Waals surface area contributed by atoms with Crippen LogP contribution in [0, 0.1) is 0 Å². The highest BCUT2D eigenvalue weighted by atomic mass is 16.5. The molecule has 4 aromatic rings. The molecule has 0 aliphatic carbocycles. The molecule has 0 radical (unpaired) electrons. The van der Waals surface area contributed by atoms with Gasteiger partial charge in [0.05, 0.1) is 18.4 Å². The molecule has 1 saturated heterocycles. The molecule has 0 bridgehead atoms. The van der Waals surface area contributed by atoms with Gasteiger partial charge in [0.1, 0.15) is 23.9 Å². The summed E-state index contributed by atoms with van der Waals surface area (Å²) >= 11 is 0. The van der Waals surface area contributed by atoms with Crippen LogP contribution >= 0.6 is 0 Å². The molecule has 10 heteroatoms. The fraction of sp³-hybridized carbons (Fsp3) is 0.200. The molecular weight excluding hydrogens is 512 g/mol. The van der Waals surface area contributed by atoms with Crippen molar-refractivity contribution in [3.8, 4) is 5.75 Å². The number of fused-ring (bicyclic) bond motifs is 4. The summed E-state index contributed by atoms with van der Waals surface area (Å²) in [5.41, 5.74) is 3.63. The van der Waals surface area contributed by atoms with E-state index in [-0.39, 0.29) is 11.3 Å². The summed E-state index contributed by atoms with van der Waals surface area (Å²) in [4.78, 5) is 58.6. The maximum absolute atomic E-state index is 14.2. The first kappa shape index (κ1) is 25.2. The molecule has 202 valence electrons. The van der Waals surface area contributed by atoms with Crippen molar-refractivity contribution in [1.82, 2.24) is 15.2 Å². The maximum Gasteiger partial charge on any atom is 0.332 e. The number of carbonyl (C=O) groups is 4. The number of urea groups is 1. The first-order chi connectivity index (χ1) is 19.3. The van der Waals surface area contributed by atoms with Crippen molar-refractivity contribution in [2.24, 2.45) is 0 Å². The number of amides is 4. The predicted molar refractivity (Wildman–Crippen MR) is 146 cm³/mol. The van der Waals surface area contributed by atoms with Gasteiger partial charge < -0.3 is 20.1 Å². The number of hydrogen-bond acceptors (Lipinski definition) is 5. The zero-order chi connectivity index (χ0) is 28.1. The van der Waals surface area contributed by atoms with Gasteiger partial charge in [-0.1, -0.05) is 42.5 Å². The minimum Gasteiger partial charge on any atom is -0.497 e. The summed E-state index contributed by atoms with van der Waals surface area (Å²) < 4.78 is 5.33. The molecule has 2 aliphatic rings. The fourth-order valence-electron chi connectivity index (χ4n) is 5.63. The number of para-hydroxylation sites is 2.